The number of rotatable bonds is 9. The van der Waals surface area contributed by atoms with Gasteiger partial charge in [0.25, 0.3) is 5.88 Å². The molecule has 216 valence electrons. The first-order chi connectivity index (χ1) is 21.4. The molecule has 0 atom stereocenters. The lowest BCUT2D eigenvalue weighted by atomic mass is 10.2. The highest BCUT2D eigenvalue weighted by Crippen LogP contribution is 2.34. The third-order valence-electron chi connectivity index (χ3n) is 6.43. The Balaban J connectivity index is 1.42. The highest BCUT2D eigenvalue weighted by atomic mass is 16.5. The molecule has 11 heteroatoms. The number of aromatic nitrogens is 4. The predicted molar refractivity (Wildman–Crippen MR) is 163 cm³/mol. The van der Waals surface area contributed by atoms with Gasteiger partial charge in [-0.1, -0.05) is 54.6 Å². The number of ether oxygens (including phenoxy) is 3. The van der Waals surface area contributed by atoms with E-state index in [9.17, 15) is 10.1 Å². The Morgan fingerprint density at radius 1 is 0.818 bits per heavy atom. The minimum absolute atomic E-state index is 0.0184. The summed E-state index contributed by atoms with van der Waals surface area (Å²) < 4.78 is 20.2. The summed E-state index contributed by atoms with van der Waals surface area (Å²) in [6.07, 6.45) is 0. The van der Waals surface area contributed by atoms with E-state index in [4.69, 9.17) is 24.9 Å². The van der Waals surface area contributed by atoms with Crippen molar-refractivity contribution in [1.29, 1.82) is 5.26 Å². The molecule has 0 aliphatic heterocycles. The average Bonchev–Trinajstić information content (AvgIpc) is 3.32. The quantitative estimate of drug-likeness (QED) is 0.186. The maximum atomic E-state index is 11.4. The number of urea groups is 1. The summed E-state index contributed by atoms with van der Waals surface area (Å²) in [5.74, 6) is 2.49. The number of primary amides is 1. The van der Waals surface area contributed by atoms with Crippen molar-refractivity contribution < 1.29 is 19.0 Å². The van der Waals surface area contributed by atoms with E-state index >= 15 is 0 Å². The number of anilines is 1. The van der Waals surface area contributed by atoms with Gasteiger partial charge in [-0.2, -0.15) is 15.2 Å². The number of imidazole rings is 1. The second kappa shape index (κ2) is 12.2. The number of nitrogens with zero attached hydrogens (tertiary/aromatic N) is 5. The van der Waals surface area contributed by atoms with E-state index in [0.717, 1.165) is 5.56 Å². The van der Waals surface area contributed by atoms with Crippen LogP contribution in [0.2, 0.25) is 0 Å². The van der Waals surface area contributed by atoms with Gasteiger partial charge in [-0.15, -0.1) is 0 Å². The minimum atomic E-state index is -0.703. The number of benzene rings is 4. The van der Waals surface area contributed by atoms with Crippen LogP contribution >= 0.6 is 0 Å². The fourth-order valence-electron chi connectivity index (χ4n) is 4.51. The van der Waals surface area contributed by atoms with Gasteiger partial charge in [0, 0.05) is 17.8 Å². The monoisotopic (exact) mass is 583 g/mol. The number of fused-ring (bicyclic) bond motifs is 1. The number of amides is 2. The number of nitrogens with two attached hydrogens (primary N) is 1. The summed E-state index contributed by atoms with van der Waals surface area (Å²) in [4.78, 5) is 25.3. The van der Waals surface area contributed by atoms with E-state index in [1.165, 1.54) is 0 Å². The summed E-state index contributed by atoms with van der Waals surface area (Å²) in [6.45, 7) is 2.37. The van der Waals surface area contributed by atoms with Crippen LogP contribution in [-0.4, -0.2) is 25.6 Å². The van der Waals surface area contributed by atoms with E-state index in [-0.39, 0.29) is 11.9 Å². The Morgan fingerprint density at radius 3 is 2.25 bits per heavy atom. The second-order valence-electron chi connectivity index (χ2n) is 9.66. The zero-order valence-electron chi connectivity index (χ0n) is 23.5. The number of nitriles is 1. The van der Waals surface area contributed by atoms with Crippen molar-refractivity contribution in [2.75, 3.05) is 5.32 Å². The van der Waals surface area contributed by atoms with E-state index in [1.54, 1.807) is 42.5 Å². The van der Waals surface area contributed by atoms with Crippen molar-refractivity contribution in [2.24, 2.45) is 5.73 Å². The van der Waals surface area contributed by atoms with Crippen LogP contribution in [0.15, 0.2) is 103 Å². The predicted octanol–water partition coefficient (Wildman–Crippen LogP) is 6.92. The summed E-state index contributed by atoms with van der Waals surface area (Å²) >= 11 is 0. The topological polar surface area (TPSA) is 150 Å². The Bertz CT molecular complexity index is 2000. The van der Waals surface area contributed by atoms with Crippen LogP contribution in [-0.2, 0) is 6.54 Å². The van der Waals surface area contributed by atoms with Crippen molar-refractivity contribution >= 4 is 22.9 Å². The molecule has 4 aromatic carbocycles. The number of hydrogen-bond donors (Lipinski definition) is 2. The molecule has 6 rings (SSSR count). The van der Waals surface area contributed by atoms with Crippen molar-refractivity contribution in [3.63, 3.8) is 0 Å². The largest absolute Gasteiger partial charge is 0.457 e. The normalized spacial score (nSPS) is 10.6. The molecule has 0 aliphatic carbocycles. The van der Waals surface area contributed by atoms with E-state index in [2.05, 4.69) is 21.4 Å². The molecule has 0 saturated carbocycles. The lowest BCUT2D eigenvalue weighted by Crippen LogP contribution is -2.19. The molecule has 6 aromatic rings. The number of aryl methyl sites for hydroxylation is 1. The van der Waals surface area contributed by atoms with Crippen molar-refractivity contribution in [3.05, 3.63) is 120 Å². The maximum absolute atomic E-state index is 11.4. The molecule has 0 spiro atoms. The molecule has 0 aliphatic rings. The number of carbonyl (C=O) groups is 1. The zero-order valence-corrected chi connectivity index (χ0v) is 23.5. The maximum Gasteiger partial charge on any atom is 0.327 e. The molecule has 2 amide bonds. The van der Waals surface area contributed by atoms with Gasteiger partial charge in [-0.05, 0) is 48.9 Å². The van der Waals surface area contributed by atoms with Gasteiger partial charge in [0.1, 0.15) is 28.8 Å². The standard InChI is InChI=1S/C33H25N7O4/c1-21-36-29-30(40(21)20-22-9-4-2-5-10-22)38-33(44-26-14-8-11-24(17-26)37-32(35)41)39-31(29)43-28-16-23(19-34)15-27(18-28)42-25-12-6-3-7-13-25/h2-18H,20H2,1H3,(H3,35,37,41). The molecular weight excluding hydrogens is 558 g/mol. The first-order valence-electron chi connectivity index (χ1n) is 13.5. The van der Waals surface area contributed by atoms with Gasteiger partial charge in [0.2, 0.25) is 0 Å². The van der Waals surface area contributed by atoms with E-state index < -0.39 is 6.03 Å². The third kappa shape index (κ3) is 6.40. The first kappa shape index (κ1) is 27.7. The van der Waals surface area contributed by atoms with Crippen LogP contribution in [0.1, 0.15) is 17.0 Å². The summed E-state index contributed by atoms with van der Waals surface area (Å²) in [5.41, 5.74) is 7.98. The van der Waals surface area contributed by atoms with E-state index in [0.29, 0.717) is 57.8 Å². The summed E-state index contributed by atoms with van der Waals surface area (Å²) in [7, 11) is 0. The van der Waals surface area contributed by atoms with E-state index in [1.807, 2.05) is 72.2 Å². The van der Waals surface area contributed by atoms with Crippen LogP contribution in [0.3, 0.4) is 0 Å². The number of nitrogens with one attached hydrogen (secondary N) is 1. The zero-order chi connectivity index (χ0) is 30.5. The first-order valence-corrected chi connectivity index (χ1v) is 13.5. The highest BCUT2D eigenvalue weighted by Gasteiger charge is 2.20. The number of para-hydroxylation sites is 1. The van der Waals surface area contributed by atoms with Crippen molar-refractivity contribution in [1.82, 2.24) is 19.5 Å². The molecule has 11 nitrogen and oxygen atoms in total. The molecular formula is C33H25N7O4. The van der Waals surface area contributed by atoms with Gasteiger partial charge in [0.05, 0.1) is 18.2 Å². The summed E-state index contributed by atoms with van der Waals surface area (Å²) in [6, 6.07) is 32.1. The molecule has 0 radical (unpaired) electrons. The fourth-order valence-corrected chi connectivity index (χ4v) is 4.51. The molecule has 3 N–H and O–H groups in total. The smallest absolute Gasteiger partial charge is 0.327 e. The van der Waals surface area contributed by atoms with Gasteiger partial charge < -0.3 is 29.8 Å². The van der Waals surface area contributed by atoms with Crippen LogP contribution in [0.5, 0.6) is 34.9 Å². The summed E-state index contributed by atoms with van der Waals surface area (Å²) in [5, 5.41) is 12.2. The van der Waals surface area contributed by atoms with Gasteiger partial charge in [0.15, 0.2) is 11.2 Å². The molecule has 2 heterocycles. The Labute approximate surface area is 252 Å². The second-order valence-corrected chi connectivity index (χ2v) is 9.66. The Kier molecular flexibility index (Phi) is 7.70. The number of carbonyl (C=O) groups excluding carboxylic acids is 1. The molecule has 0 saturated heterocycles. The van der Waals surface area contributed by atoms with Crippen LogP contribution in [0, 0.1) is 18.3 Å². The SMILES string of the molecule is Cc1nc2c(Oc3cc(C#N)cc(Oc4ccccc4)c3)nc(Oc3cccc(NC(N)=O)c3)nc2n1Cc1ccccc1. The molecule has 44 heavy (non-hydrogen) atoms. The average molecular weight is 584 g/mol. The fraction of sp³-hybridized carbons (Fsp3) is 0.0606. The highest BCUT2D eigenvalue weighted by molar-refractivity contribution is 5.88. The van der Waals surface area contributed by atoms with Crippen LogP contribution in [0.25, 0.3) is 11.2 Å². The third-order valence-corrected chi connectivity index (χ3v) is 6.43. The molecule has 0 fully saturated rings. The van der Waals surface area contributed by atoms with Crippen molar-refractivity contribution in [2.45, 2.75) is 13.5 Å². The van der Waals surface area contributed by atoms with Crippen LogP contribution in [0.4, 0.5) is 10.5 Å². The molecule has 0 unspecified atom stereocenters. The van der Waals surface area contributed by atoms with Gasteiger partial charge in [-0.25, -0.2) is 9.78 Å². The Hall–Kier alpha value is -6.41. The molecule has 2 aromatic heterocycles. The minimum Gasteiger partial charge on any atom is -0.457 e. The van der Waals surface area contributed by atoms with Crippen LogP contribution < -0.4 is 25.3 Å². The molecule has 0 bridgehead atoms. The van der Waals surface area contributed by atoms with Gasteiger partial charge in [-0.3, -0.25) is 0 Å². The lowest BCUT2D eigenvalue weighted by molar-refractivity contribution is 0.259. The van der Waals surface area contributed by atoms with Crippen molar-refractivity contribution in [3.8, 4) is 41.0 Å². The van der Waals surface area contributed by atoms with Gasteiger partial charge >= 0.3 is 12.0 Å². The number of hydrogen-bond acceptors (Lipinski definition) is 8. The Morgan fingerprint density at radius 2 is 1.52 bits per heavy atom. The lowest BCUT2D eigenvalue weighted by Gasteiger charge is -2.12.